The molecule has 0 aromatic rings. The molecule has 15 heavy (non-hydrogen) atoms. The molecular formula is C7H13N3O4S. The first-order valence-corrected chi connectivity index (χ1v) is 5.64. The Bertz CT molecular complexity index is 259. The fraction of sp³-hybridized carbons (Fsp3) is 1.00. The molecule has 86 valence electrons. The van der Waals surface area contributed by atoms with E-state index in [4.69, 9.17) is 15.4 Å². The SMILES string of the molecule is CS[C@@H]1OC(CO)[C@@H](O)[C@H](O)C1N=[N+]=[N-]. The van der Waals surface area contributed by atoms with Crippen LogP contribution in [0.25, 0.3) is 10.4 Å². The van der Waals surface area contributed by atoms with E-state index in [0.29, 0.717) is 0 Å². The topological polar surface area (TPSA) is 119 Å². The predicted molar refractivity (Wildman–Crippen MR) is 54.2 cm³/mol. The van der Waals surface area contributed by atoms with Gasteiger partial charge in [0.05, 0.1) is 12.7 Å². The lowest BCUT2D eigenvalue weighted by Gasteiger charge is -2.39. The van der Waals surface area contributed by atoms with E-state index in [1.165, 1.54) is 11.8 Å². The van der Waals surface area contributed by atoms with Gasteiger partial charge in [-0.3, -0.25) is 0 Å². The quantitative estimate of drug-likeness (QED) is 0.345. The van der Waals surface area contributed by atoms with E-state index < -0.39 is 36.4 Å². The maximum absolute atomic E-state index is 9.65. The van der Waals surface area contributed by atoms with Gasteiger partial charge in [0.15, 0.2) is 0 Å². The van der Waals surface area contributed by atoms with Gasteiger partial charge >= 0.3 is 0 Å². The van der Waals surface area contributed by atoms with E-state index in [-0.39, 0.29) is 0 Å². The summed E-state index contributed by atoms with van der Waals surface area (Å²) in [6.07, 6.45) is -1.58. The highest BCUT2D eigenvalue weighted by atomic mass is 32.2. The van der Waals surface area contributed by atoms with E-state index in [2.05, 4.69) is 10.0 Å². The van der Waals surface area contributed by atoms with Crippen LogP contribution in [0.1, 0.15) is 0 Å². The van der Waals surface area contributed by atoms with Crippen molar-refractivity contribution < 1.29 is 20.1 Å². The van der Waals surface area contributed by atoms with Crippen molar-refractivity contribution in [2.45, 2.75) is 29.8 Å². The number of rotatable bonds is 3. The zero-order valence-corrected chi connectivity index (χ0v) is 8.91. The molecular weight excluding hydrogens is 222 g/mol. The monoisotopic (exact) mass is 235 g/mol. The molecule has 5 atom stereocenters. The predicted octanol–water partition coefficient (Wildman–Crippen LogP) is -0.533. The molecule has 1 fully saturated rings. The van der Waals surface area contributed by atoms with Gasteiger partial charge in [0.1, 0.15) is 23.7 Å². The standard InChI is InChI=1S/C7H13N3O4S/c1-15-7-4(9-10-8)6(13)5(12)3(2-11)14-7/h3-7,11-13H,2H2,1H3/t3?,4?,5-,6-,7+/m1/s1. The van der Waals surface area contributed by atoms with Gasteiger partial charge in [-0.25, -0.2) is 0 Å². The molecule has 1 aliphatic rings. The molecule has 0 aliphatic carbocycles. The number of thioether (sulfide) groups is 1. The molecule has 0 radical (unpaired) electrons. The number of aliphatic hydroxyl groups excluding tert-OH is 3. The van der Waals surface area contributed by atoms with E-state index in [9.17, 15) is 10.2 Å². The van der Waals surface area contributed by atoms with Crippen molar-refractivity contribution in [3.8, 4) is 0 Å². The van der Waals surface area contributed by atoms with E-state index in [1.54, 1.807) is 6.26 Å². The highest BCUT2D eigenvalue weighted by Gasteiger charge is 2.43. The molecule has 7 nitrogen and oxygen atoms in total. The van der Waals surface area contributed by atoms with Crippen LogP contribution in [-0.2, 0) is 4.74 Å². The molecule has 0 bridgehead atoms. The number of aliphatic hydroxyl groups is 3. The minimum atomic E-state index is -1.24. The Morgan fingerprint density at radius 2 is 2.13 bits per heavy atom. The van der Waals surface area contributed by atoms with E-state index in [0.717, 1.165) is 0 Å². The lowest BCUT2D eigenvalue weighted by Crippen LogP contribution is -2.56. The van der Waals surface area contributed by atoms with Gasteiger partial charge in [-0.1, -0.05) is 5.11 Å². The van der Waals surface area contributed by atoms with Gasteiger partial charge in [-0.2, -0.15) is 0 Å². The normalized spacial score (nSPS) is 40.9. The minimum absolute atomic E-state index is 0.391. The Morgan fingerprint density at radius 1 is 1.47 bits per heavy atom. The number of azide groups is 1. The molecule has 0 spiro atoms. The first kappa shape index (κ1) is 12.6. The van der Waals surface area contributed by atoms with Gasteiger partial charge in [0.2, 0.25) is 0 Å². The highest BCUT2D eigenvalue weighted by molar-refractivity contribution is 7.99. The molecule has 0 amide bonds. The summed E-state index contributed by atoms with van der Waals surface area (Å²) in [7, 11) is 0. The van der Waals surface area contributed by atoms with Crippen LogP contribution in [0.2, 0.25) is 0 Å². The molecule has 2 unspecified atom stereocenters. The smallest absolute Gasteiger partial charge is 0.114 e. The Hall–Kier alpha value is -0.500. The molecule has 0 aromatic carbocycles. The summed E-state index contributed by atoms with van der Waals surface area (Å²) in [5, 5.41) is 31.5. The summed E-state index contributed by atoms with van der Waals surface area (Å²) in [6, 6.07) is -0.845. The largest absolute Gasteiger partial charge is 0.394 e. The van der Waals surface area contributed by atoms with Crippen molar-refractivity contribution in [3.05, 3.63) is 10.4 Å². The first-order valence-electron chi connectivity index (χ1n) is 4.35. The van der Waals surface area contributed by atoms with E-state index in [1.807, 2.05) is 0 Å². The maximum Gasteiger partial charge on any atom is 0.114 e. The second kappa shape index (κ2) is 5.55. The summed E-state index contributed by atoms with van der Waals surface area (Å²) in [4.78, 5) is 2.59. The van der Waals surface area contributed by atoms with E-state index >= 15 is 0 Å². The number of hydrogen-bond donors (Lipinski definition) is 3. The van der Waals surface area contributed by atoms with Crippen LogP contribution in [0.5, 0.6) is 0 Å². The first-order chi connectivity index (χ1) is 7.15. The van der Waals surface area contributed by atoms with Crippen molar-refractivity contribution in [3.63, 3.8) is 0 Å². The minimum Gasteiger partial charge on any atom is -0.394 e. The Kier molecular flexibility index (Phi) is 4.65. The molecule has 8 heteroatoms. The third-order valence-electron chi connectivity index (χ3n) is 2.27. The van der Waals surface area contributed by atoms with Crippen molar-refractivity contribution in [2.75, 3.05) is 12.9 Å². The van der Waals surface area contributed by atoms with Crippen molar-refractivity contribution in [1.29, 1.82) is 0 Å². The molecule has 1 aliphatic heterocycles. The van der Waals surface area contributed by atoms with Crippen LogP contribution in [0, 0.1) is 0 Å². The van der Waals surface area contributed by atoms with Crippen LogP contribution < -0.4 is 0 Å². The van der Waals surface area contributed by atoms with Crippen LogP contribution in [0.15, 0.2) is 5.11 Å². The number of nitrogens with zero attached hydrogens (tertiary/aromatic N) is 3. The number of ether oxygens (including phenoxy) is 1. The van der Waals surface area contributed by atoms with Gasteiger partial charge in [0.25, 0.3) is 0 Å². The zero-order valence-electron chi connectivity index (χ0n) is 8.09. The van der Waals surface area contributed by atoms with Crippen LogP contribution in [0.3, 0.4) is 0 Å². The van der Waals surface area contributed by atoms with Gasteiger partial charge in [-0.05, 0) is 11.8 Å². The second-order valence-corrected chi connectivity index (χ2v) is 4.07. The third kappa shape index (κ3) is 2.54. The Labute approximate surface area is 90.7 Å². The zero-order chi connectivity index (χ0) is 11.4. The van der Waals surface area contributed by atoms with Crippen LogP contribution in [0.4, 0.5) is 0 Å². The summed E-state index contributed by atoms with van der Waals surface area (Å²) in [5.74, 6) is 0. The second-order valence-electron chi connectivity index (χ2n) is 3.14. The third-order valence-corrected chi connectivity index (χ3v) is 3.12. The van der Waals surface area contributed by atoms with Crippen LogP contribution in [-0.4, -0.2) is 58.0 Å². The average molecular weight is 235 g/mol. The lowest BCUT2D eigenvalue weighted by molar-refractivity contribution is -0.165. The Balaban J connectivity index is 2.83. The van der Waals surface area contributed by atoms with Crippen molar-refractivity contribution >= 4 is 11.8 Å². The molecule has 0 saturated carbocycles. The fourth-order valence-corrected chi connectivity index (χ4v) is 2.19. The Morgan fingerprint density at radius 3 is 2.60 bits per heavy atom. The number of hydrogen-bond acceptors (Lipinski definition) is 6. The van der Waals surface area contributed by atoms with Gasteiger partial charge in [0, 0.05) is 4.91 Å². The summed E-state index contributed by atoms with van der Waals surface area (Å²) < 4.78 is 5.27. The van der Waals surface area contributed by atoms with Gasteiger partial charge in [-0.15, -0.1) is 11.8 Å². The average Bonchev–Trinajstić information content (AvgIpc) is 2.25. The maximum atomic E-state index is 9.65. The fourth-order valence-electron chi connectivity index (χ4n) is 1.44. The summed E-state index contributed by atoms with van der Waals surface area (Å²) in [5.41, 5.74) is 7.75. The van der Waals surface area contributed by atoms with Crippen molar-refractivity contribution in [2.24, 2.45) is 5.11 Å². The van der Waals surface area contributed by atoms with Crippen molar-refractivity contribution in [1.82, 2.24) is 0 Å². The summed E-state index contributed by atoms with van der Waals surface area (Å²) in [6.45, 7) is -0.391. The van der Waals surface area contributed by atoms with Gasteiger partial charge < -0.3 is 20.1 Å². The molecule has 1 rings (SSSR count). The summed E-state index contributed by atoms with van der Waals surface area (Å²) >= 11 is 1.25. The molecule has 3 N–H and O–H groups in total. The van der Waals surface area contributed by atoms with Crippen LogP contribution >= 0.6 is 11.8 Å². The molecule has 1 heterocycles. The molecule has 1 saturated heterocycles. The lowest BCUT2D eigenvalue weighted by atomic mass is 9.99. The molecule has 0 aromatic heterocycles. The highest BCUT2D eigenvalue weighted by Crippen LogP contribution is 2.29.